The van der Waals surface area contributed by atoms with Crippen LogP contribution in [0.5, 0.6) is 0 Å². The standard InChI is InChI=1S/C16H27N3O4/c1-6-7-12(2)8-14(20)22-11-13-9-19(18-17-13)10-15(21)23-16(3,4)5/h9,12H,6-8,10-11H2,1-5H3/t12-/m0/s1. The van der Waals surface area contributed by atoms with Gasteiger partial charge in [-0.3, -0.25) is 9.59 Å². The minimum atomic E-state index is -0.537. The molecule has 0 fully saturated rings. The zero-order chi connectivity index (χ0) is 17.5. The van der Waals surface area contributed by atoms with Crippen molar-refractivity contribution in [1.29, 1.82) is 0 Å². The highest BCUT2D eigenvalue weighted by Gasteiger charge is 2.17. The smallest absolute Gasteiger partial charge is 0.328 e. The number of hydrogen-bond acceptors (Lipinski definition) is 6. The van der Waals surface area contributed by atoms with Gasteiger partial charge in [0.25, 0.3) is 0 Å². The summed E-state index contributed by atoms with van der Waals surface area (Å²) in [7, 11) is 0. The van der Waals surface area contributed by atoms with Crippen LogP contribution in [0.2, 0.25) is 0 Å². The molecule has 1 aromatic rings. The monoisotopic (exact) mass is 325 g/mol. The summed E-state index contributed by atoms with van der Waals surface area (Å²) in [6, 6.07) is 0. The van der Waals surface area contributed by atoms with Crippen LogP contribution < -0.4 is 0 Å². The van der Waals surface area contributed by atoms with E-state index in [0.717, 1.165) is 12.8 Å². The van der Waals surface area contributed by atoms with Crippen molar-refractivity contribution in [3.05, 3.63) is 11.9 Å². The van der Waals surface area contributed by atoms with Crippen molar-refractivity contribution in [1.82, 2.24) is 15.0 Å². The van der Waals surface area contributed by atoms with Crippen LogP contribution in [-0.4, -0.2) is 32.5 Å². The Hall–Kier alpha value is -1.92. The number of hydrogen-bond donors (Lipinski definition) is 0. The van der Waals surface area contributed by atoms with Gasteiger partial charge in [-0.15, -0.1) is 5.10 Å². The average Bonchev–Trinajstić information content (AvgIpc) is 2.81. The third-order valence-corrected chi connectivity index (χ3v) is 2.97. The minimum Gasteiger partial charge on any atom is -0.459 e. The zero-order valence-corrected chi connectivity index (χ0v) is 14.7. The maximum atomic E-state index is 11.7. The first-order valence-corrected chi connectivity index (χ1v) is 7.96. The fraction of sp³-hybridized carbons (Fsp3) is 0.750. The SMILES string of the molecule is CCC[C@H](C)CC(=O)OCc1cn(CC(=O)OC(C)(C)C)nn1. The number of esters is 2. The van der Waals surface area contributed by atoms with Gasteiger partial charge in [-0.25, -0.2) is 4.68 Å². The van der Waals surface area contributed by atoms with Gasteiger partial charge >= 0.3 is 11.9 Å². The fourth-order valence-electron chi connectivity index (χ4n) is 2.08. The van der Waals surface area contributed by atoms with E-state index < -0.39 is 5.60 Å². The number of aromatic nitrogens is 3. The summed E-state index contributed by atoms with van der Waals surface area (Å²) in [6.45, 7) is 9.56. The van der Waals surface area contributed by atoms with Gasteiger partial charge in [0, 0.05) is 6.42 Å². The maximum absolute atomic E-state index is 11.7. The fourth-order valence-corrected chi connectivity index (χ4v) is 2.08. The summed E-state index contributed by atoms with van der Waals surface area (Å²) in [5.74, 6) is -0.317. The van der Waals surface area contributed by atoms with Gasteiger partial charge in [0.1, 0.15) is 24.4 Å². The van der Waals surface area contributed by atoms with Crippen LogP contribution in [0.4, 0.5) is 0 Å². The quantitative estimate of drug-likeness (QED) is 0.683. The summed E-state index contributed by atoms with van der Waals surface area (Å²) in [6.07, 6.45) is 4.03. The van der Waals surface area contributed by atoms with Gasteiger partial charge in [0.15, 0.2) is 0 Å². The molecule has 0 aliphatic carbocycles. The summed E-state index contributed by atoms with van der Waals surface area (Å²) in [5.41, 5.74) is -0.0318. The van der Waals surface area contributed by atoms with Crippen LogP contribution in [0.1, 0.15) is 59.6 Å². The van der Waals surface area contributed by atoms with Crippen molar-refractivity contribution in [3.63, 3.8) is 0 Å². The Labute approximate surface area is 137 Å². The Kier molecular flexibility index (Phi) is 7.19. The number of nitrogens with zero attached hydrogens (tertiary/aromatic N) is 3. The molecule has 1 heterocycles. The van der Waals surface area contributed by atoms with Gasteiger partial charge in [0.05, 0.1) is 6.20 Å². The molecule has 7 nitrogen and oxygen atoms in total. The van der Waals surface area contributed by atoms with E-state index in [1.165, 1.54) is 4.68 Å². The molecular formula is C16H27N3O4. The molecule has 0 spiro atoms. The first kappa shape index (κ1) is 19.1. The van der Waals surface area contributed by atoms with Crippen LogP contribution >= 0.6 is 0 Å². The van der Waals surface area contributed by atoms with Crippen LogP contribution in [0.15, 0.2) is 6.20 Å². The molecule has 0 N–H and O–H groups in total. The Bertz CT molecular complexity index is 520. The lowest BCUT2D eigenvalue weighted by molar-refractivity contribution is -0.155. The Morgan fingerprint density at radius 2 is 2.00 bits per heavy atom. The van der Waals surface area contributed by atoms with E-state index in [0.29, 0.717) is 18.0 Å². The van der Waals surface area contributed by atoms with Crippen molar-refractivity contribution >= 4 is 11.9 Å². The molecule has 130 valence electrons. The Morgan fingerprint density at radius 1 is 1.30 bits per heavy atom. The molecule has 1 rings (SSSR count). The van der Waals surface area contributed by atoms with E-state index in [1.807, 2.05) is 6.92 Å². The van der Waals surface area contributed by atoms with Crippen molar-refractivity contribution in [2.75, 3.05) is 0 Å². The second kappa shape index (κ2) is 8.64. The topological polar surface area (TPSA) is 83.3 Å². The highest BCUT2D eigenvalue weighted by Crippen LogP contribution is 2.11. The largest absolute Gasteiger partial charge is 0.459 e. The lowest BCUT2D eigenvalue weighted by Gasteiger charge is -2.19. The third kappa shape index (κ3) is 8.32. The molecule has 0 aliphatic rings. The van der Waals surface area contributed by atoms with Gasteiger partial charge in [0.2, 0.25) is 0 Å². The number of carbonyl (C=O) groups is 2. The molecule has 1 aromatic heterocycles. The van der Waals surface area contributed by atoms with Gasteiger partial charge in [-0.1, -0.05) is 31.9 Å². The molecule has 1 atom stereocenters. The van der Waals surface area contributed by atoms with Gasteiger partial charge in [-0.2, -0.15) is 0 Å². The lowest BCUT2D eigenvalue weighted by Crippen LogP contribution is -2.26. The van der Waals surface area contributed by atoms with Crippen LogP contribution in [0.3, 0.4) is 0 Å². The third-order valence-electron chi connectivity index (χ3n) is 2.97. The van der Waals surface area contributed by atoms with Crippen molar-refractivity contribution in [2.24, 2.45) is 5.92 Å². The second-order valence-corrected chi connectivity index (χ2v) is 6.75. The number of rotatable bonds is 8. The van der Waals surface area contributed by atoms with E-state index in [-0.39, 0.29) is 25.1 Å². The van der Waals surface area contributed by atoms with Gasteiger partial charge < -0.3 is 9.47 Å². The molecule has 23 heavy (non-hydrogen) atoms. The average molecular weight is 325 g/mol. The van der Waals surface area contributed by atoms with Gasteiger partial charge in [-0.05, 0) is 26.7 Å². The molecular weight excluding hydrogens is 298 g/mol. The minimum absolute atomic E-state index is 0.0221. The summed E-state index contributed by atoms with van der Waals surface area (Å²) < 4.78 is 11.7. The number of ether oxygens (including phenoxy) is 2. The Morgan fingerprint density at radius 3 is 2.61 bits per heavy atom. The molecule has 0 aliphatic heterocycles. The van der Waals surface area contributed by atoms with E-state index >= 15 is 0 Å². The van der Waals surface area contributed by atoms with Crippen molar-refractivity contribution in [3.8, 4) is 0 Å². The van der Waals surface area contributed by atoms with E-state index in [4.69, 9.17) is 9.47 Å². The van der Waals surface area contributed by atoms with E-state index in [9.17, 15) is 9.59 Å². The molecule has 0 radical (unpaired) electrons. The van der Waals surface area contributed by atoms with Crippen molar-refractivity contribution in [2.45, 2.75) is 72.6 Å². The second-order valence-electron chi connectivity index (χ2n) is 6.75. The zero-order valence-electron chi connectivity index (χ0n) is 14.7. The van der Waals surface area contributed by atoms with E-state index in [1.54, 1.807) is 27.0 Å². The summed E-state index contributed by atoms with van der Waals surface area (Å²) >= 11 is 0. The molecule has 0 unspecified atom stereocenters. The lowest BCUT2D eigenvalue weighted by atomic mass is 10.0. The summed E-state index contributed by atoms with van der Waals surface area (Å²) in [5, 5.41) is 7.71. The highest BCUT2D eigenvalue weighted by molar-refractivity contribution is 5.70. The molecule has 0 bridgehead atoms. The highest BCUT2D eigenvalue weighted by atomic mass is 16.6. The molecule has 0 saturated heterocycles. The van der Waals surface area contributed by atoms with Crippen molar-refractivity contribution < 1.29 is 19.1 Å². The predicted molar refractivity (Wildman–Crippen MR) is 84.4 cm³/mol. The summed E-state index contributed by atoms with van der Waals surface area (Å²) in [4.78, 5) is 23.4. The Balaban J connectivity index is 2.39. The molecule has 0 aromatic carbocycles. The molecule has 7 heteroatoms. The molecule has 0 amide bonds. The first-order chi connectivity index (χ1) is 10.7. The number of carbonyl (C=O) groups excluding carboxylic acids is 2. The van der Waals surface area contributed by atoms with Crippen LogP contribution in [0.25, 0.3) is 0 Å². The van der Waals surface area contributed by atoms with E-state index in [2.05, 4.69) is 17.2 Å². The predicted octanol–water partition coefficient (Wildman–Crippen LogP) is 2.49. The maximum Gasteiger partial charge on any atom is 0.328 e. The molecule has 0 saturated carbocycles. The van der Waals surface area contributed by atoms with Crippen LogP contribution in [-0.2, 0) is 32.2 Å². The normalized spacial score (nSPS) is 12.7. The first-order valence-electron chi connectivity index (χ1n) is 7.96. The van der Waals surface area contributed by atoms with Crippen LogP contribution in [0, 0.1) is 5.92 Å².